The SMILES string of the molecule is Cc1cccc(C)c1NC(=O)COC(=O)c1ccccc1N1C(=O)[C@@H]2C3c4ccccc4C(c4ccccc43)[C@@H]2C1=O. The second-order valence-corrected chi connectivity index (χ2v) is 11.2. The maximum Gasteiger partial charge on any atom is 0.340 e. The Balaban J connectivity index is 1.18. The number of amides is 3. The van der Waals surface area contributed by atoms with E-state index in [1.807, 2.05) is 80.6 Å². The summed E-state index contributed by atoms with van der Waals surface area (Å²) in [5, 5.41) is 2.80. The molecule has 0 radical (unpaired) electrons. The van der Waals surface area contributed by atoms with Gasteiger partial charge in [0.2, 0.25) is 11.8 Å². The van der Waals surface area contributed by atoms with Crippen LogP contribution in [0.3, 0.4) is 0 Å². The number of para-hydroxylation sites is 2. The fraction of sp³-hybridized carbons (Fsp3) is 0.200. The molecule has 7 heteroatoms. The molecule has 1 heterocycles. The van der Waals surface area contributed by atoms with Crippen molar-refractivity contribution in [3.63, 3.8) is 0 Å². The third-order valence-corrected chi connectivity index (χ3v) is 8.89. The van der Waals surface area contributed by atoms with E-state index in [-0.39, 0.29) is 34.9 Å². The first-order chi connectivity index (χ1) is 20.4. The number of nitrogens with one attached hydrogen (secondary N) is 1. The molecule has 4 aliphatic rings. The number of anilines is 2. The molecule has 4 aromatic rings. The molecule has 208 valence electrons. The van der Waals surface area contributed by atoms with Gasteiger partial charge in [-0.2, -0.15) is 0 Å². The lowest BCUT2D eigenvalue weighted by Crippen LogP contribution is -2.41. The second kappa shape index (κ2) is 9.80. The molecule has 1 saturated heterocycles. The first kappa shape index (κ1) is 25.9. The average molecular weight is 557 g/mol. The van der Waals surface area contributed by atoms with Gasteiger partial charge in [-0.15, -0.1) is 0 Å². The van der Waals surface area contributed by atoms with Crippen LogP contribution in [0.1, 0.15) is 55.6 Å². The monoisotopic (exact) mass is 556 g/mol. The second-order valence-electron chi connectivity index (χ2n) is 11.2. The van der Waals surface area contributed by atoms with Crippen LogP contribution in [-0.2, 0) is 19.1 Å². The van der Waals surface area contributed by atoms with Crippen molar-refractivity contribution in [2.75, 3.05) is 16.8 Å². The number of nitrogens with zero attached hydrogens (tertiary/aromatic N) is 1. The van der Waals surface area contributed by atoms with Crippen molar-refractivity contribution < 1.29 is 23.9 Å². The molecule has 8 rings (SSSR count). The summed E-state index contributed by atoms with van der Waals surface area (Å²) in [6, 6.07) is 28.2. The van der Waals surface area contributed by atoms with Gasteiger partial charge in [-0.05, 0) is 59.4 Å². The molecule has 2 atom stereocenters. The lowest BCUT2D eigenvalue weighted by Gasteiger charge is -2.45. The van der Waals surface area contributed by atoms with Crippen LogP contribution >= 0.6 is 0 Å². The van der Waals surface area contributed by atoms with E-state index in [9.17, 15) is 19.2 Å². The van der Waals surface area contributed by atoms with Crippen molar-refractivity contribution in [3.8, 4) is 0 Å². The molecule has 2 bridgehead atoms. The number of ether oxygens (including phenoxy) is 1. The third-order valence-electron chi connectivity index (χ3n) is 8.89. The van der Waals surface area contributed by atoms with Crippen molar-refractivity contribution >= 4 is 35.1 Å². The highest BCUT2D eigenvalue weighted by Crippen LogP contribution is 2.61. The minimum absolute atomic E-state index is 0.0556. The molecule has 0 unspecified atom stereocenters. The van der Waals surface area contributed by atoms with Gasteiger partial charge < -0.3 is 10.1 Å². The number of hydrogen-bond acceptors (Lipinski definition) is 5. The molecule has 7 nitrogen and oxygen atoms in total. The summed E-state index contributed by atoms with van der Waals surface area (Å²) in [5.74, 6) is -3.55. The summed E-state index contributed by atoms with van der Waals surface area (Å²) in [4.78, 5) is 55.4. The van der Waals surface area contributed by atoms with E-state index in [2.05, 4.69) is 5.32 Å². The predicted octanol–water partition coefficient (Wildman–Crippen LogP) is 5.50. The zero-order chi connectivity index (χ0) is 29.1. The molecule has 0 saturated carbocycles. The Hall–Kier alpha value is -5.04. The quantitative estimate of drug-likeness (QED) is 0.259. The molecule has 3 aliphatic carbocycles. The maximum atomic E-state index is 14.2. The normalized spacial score (nSPS) is 21.4. The number of rotatable bonds is 5. The van der Waals surface area contributed by atoms with E-state index in [0.29, 0.717) is 5.69 Å². The number of imide groups is 1. The van der Waals surface area contributed by atoms with Gasteiger partial charge in [-0.3, -0.25) is 14.4 Å². The van der Waals surface area contributed by atoms with Gasteiger partial charge in [-0.1, -0.05) is 78.9 Å². The van der Waals surface area contributed by atoms with Gasteiger partial charge in [0.15, 0.2) is 6.61 Å². The summed E-state index contributed by atoms with van der Waals surface area (Å²) in [6.07, 6.45) is 0. The number of aryl methyl sites for hydroxylation is 2. The van der Waals surface area contributed by atoms with Crippen molar-refractivity contribution in [2.24, 2.45) is 11.8 Å². The van der Waals surface area contributed by atoms with E-state index >= 15 is 0 Å². The smallest absolute Gasteiger partial charge is 0.340 e. The Morgan fingerprint density at radius 1 is 0.690 bits per heavy atom. The Morgan fingerprint density at radius 3 is 1.69 bits per heavy atom. The van der Waals surface area contributed by atoms with Crippen LogP contribution in [-0.4, -0.2) is 30.3 Å². The number of benzene rings is 4. The van der Waals surface area contributed by atoms with E-state index in [1.165, 1.54) is 11.0 Å². The molecule has 0 spiro atoms. The van der Waals surface area contributed by atoms with E-state index in [0.717, 1.165) is 33.4 Å². The highest BCUT2D eigenvalue weighted by Gasteiger charge is 2.62. The van der Waals surface area contributed by atoms with Gasteiger partial charge in [-0.25, -0.2) is 9.69 Å². The lowest BCUT2D eigenvalue weighted by atomic mass is 9.55. The van der Waals surface area contributed by atoms with Crippen LogP contribution < -0.4 is 10.2 Å². The maximum absolute atomic E-state index is 14.2. The Morgan fingerprint density at radius 2 is 1.17 bits per heavy atom. The molecular formula is C35H28N2O5. The fourth-order valence-electron chi connectivity index (χ4n) is 7.15. The van der Waals surface area contributed by atoms with Gasteiger partial charge >= 0.3 is 5.97 Å². The van der Waals surface area contributed by atoms with Crippen molar-refractivity contribution in [1.29, 1.82) is 0 Å². The van der Waals surface area contributed by atoms with Crippen molar-refractivity contribution in [2.45, 2.75) is 25.7 Å². The van der Waals surface area contributed by atoms with E-state index < -0.39 is 30.3 Å². The number of hydrogen-bond donors (Lipinski definition) is 1. The standard InChI is InChI=1S/C35H28N2O5/c1-19-10-9-11-20(2)32(19)36-27(38)18-42-35(41)25-16-7-8-17-26(25)37-33(39)30-28-21-12-3-4-13-22(21)29(31(30)34(37)40)24-15-6-5-14-23(24)28/h3-17,28-31H,18H2,1-2H3,(H,36,38)/t28?,29?,30-,31+. The average Bonchev–Trinajstić information content (AvgIpc) is 3.27. The van der Waals surface area contributed by atoms with E-state index in [4.69, 9.17) is 4.74 Å². The van der Waals surface area contributed by atoms with Crippen molar-refractivity contribution in [3.05, 3.63) is 130 Å². The summed E-state index contributed by atoms with van der Waals surface area (Å²) < 4.78 is 5.39. The number of esters is 1. The highest BCUT2D eigenvalue weighted by atomic mass is 16.5. The van der Waals surface area contributed by atoms with Gasteiger partial charge in [0, 0.05) is 17.5 Å². The van der Waals surface area contributed by atoms with Crippen LogP contribution in [0.15, 0.2) is 91.0 Å². The van der Waals surface area contributed by atoms with Gasteiger partial charge in [0.1, 0.15) is 0 Å². The molecule has 42 heavy (non-hydrogen) atoms. The fourth-order valence-corrected chi connectivity index (χ4v) is 7.15. The summed E-state index contributed by atoms with van der Waals surface area (Å²) >= 11 is 0. The molecule has 1 aliphatic heterocycles. The van der Waals surface area contributed by atoms with E-state index in [1.54, 1.807) is 18.2 Å². The molecular weight excluding hydrogens is 528 g/mol. The van der Waals surface area contributed by atoms with Gasteiger partial charge in [0.25, 0.3) is 5.91 Å². The Kier molecular flexibility index (Phi) is 6.04. The summed E-state index contributed by atoms with van der Waals surface area (Å²) in [5.41, 5.74) is 7.00. The Labute approximate surface area is 243 Å². The van der Waals surface area contributed by atoms with Gasteiger partial charge in [0.05, 0.1) is 23.1 Å². The molecule has 1 N–H and O–H groups in total. The Bertz CT molecular complexity index is 1680. The predicted molar refractivity (Wildman–Crippen MR) is 157 cm³/mol. The van der Waals surface area contributed by atoms with Crippen LogP contribution in [0.4, 0.5) is 11.4 Å². The van der Waals surface area contributed by atoms with Crippen LogP contribution in [0, 0.1) is 25.7 Å². The largest absolute Gasteiger partial charge is 0.452 e. The minimum atomic E-state index is -0.785. The lowest BCUT2D eigenvalue weighted by molar-refractivity contribution is -0.122. The zero-order valence-electron chi connectivity index (χ0n) is 23.2. The first-order valence-corrected chi connectivity index (χ1v) is 14.0. The molecule has 3 amide bonds. The third kappa shape index (κ3) is 3.80. The highest BCUT2D eigenvalue weighted by molar-refractivity contribution is 6.25. The van der Waals surface area contributed by atoms with Crippen molar-refractivity contribution in [1.82, 2.24) is 0 Å². The molecule has 4 aromatic carbocycles. The van der Waals surface area contributed by atoms with Crippen LogP contribution in [0.25, 0.3) is 0 Å². The number of carbonyl (C=O) groups is 4. The summed E-state index contributed by atoms with van der Waals surface area (Å²) in [7, 11) is 0. The topological polar surface area (TPSA) is 92.8 Å². The zero-order valence-corrected chi connectivity index (χ0v) is 23.2. The molecule has 1 fully saturated rings. The number of carbonyl (C=O) groups excluding carboxylic acids is 4. The first-order valence-electron chi connectivity index (χ1n) is 14.0. The summed E-state index contributed by atoms with van der Waals surface area (Å²) in [6.45, 7) is 3.26. The molecule has 0 aromatic heterocycles. The van der Waals surface area contributed by atoms with Crippen LogP contribution in [0.5, 0.6) is 0 Å². The minimum Gasteiger partial charge on any atom is -0.452 e. The van der Waals surface area contributed by atoms with Crippen LogP contribution in [0.2, 0.25) is 0 Å².